The molecule has 0 unspecified atom stereocenters. The molecular formula is C13H17N3O. The molecule has 1 aromatic carbocycles. The topological polar surface area (TPSA) is 58.4 Å². The minimum Gasteiger partial charge on any atom is -0.399 e. The molecule has 2 saturated heterocycles. The molecule has 0 radical (unpaired) electrons. The number of anilines is 2. The van der Waals surface area contributed by atoms with E-state index in [1.54, 1.807) is 0 Å². The average Bonchev–Trinajstić information content (AvgIpc) is 2.30. The Morgan fingerprint density at radius 2 is 1.76 bits per heavy atom. The van der Waals surface area contributed by atoms with Crippen LogP contribution in [0.4, 0.5) is 11.4 Å². The smallest absolute Gasteiger partial charge is 0.222 e. The van der Waals surface area contributed by atoms with E-state index in [4.69, 9.17) is 5.73 Å². The maximum Gasteiger partial charge on any atom is 0.222 e. The van der Waals surface area contributed by atoms with Gasteiger partial charge in [0.2, 0.25) is 5.91 Å². The quantitative estimate of drug-likeness (QED) is 0.562. The molecular weight excluding hydrogens is 214 g/mol. The molecule has 17 heavy (non-hydrogen) atoms. The van der Waals surface area contributed by atoms with E-state index in [2.05, 4.69) is 22.3 Å². The minimum absolute atomic E-state index is 0.112. The molecule has 2 aliphatic rings. The van der Waals surface area contributed by atoms with Gasteiger partial charge in [-0.15, -0.1) is 0 Å². The molecule has 0 aliphatic carbocycles. The number of nitrogens with one attached hydrogen (secondary N) is 1. The van der Waals surface area contributed by atoms with Gasteiger partial charge in [0.1, 0.15) is 0 Å². The van der Waals surface area contributed by atoms with Crippen molar-refractivity contribution in [2.24, 2.45) is 0 Å². The summed E-state index contributed by atoms with van der Waals surface area (Å²) in [6.07, 6.45) is 2.80. The van der Waals surface area contributed by atoms with Gasteiger partial charge < -0.3 is 16.0 Å². The standard InChI is InChI=1S/C13H17N3O/c14-10-1-3-11(4-2-10)16-7-5-13(6-8-16)9-12(17)15-13/h1-4H,5-9,14H2,(H,15,17). The van der Waals surface area contributed by atoms with Crippen LogP contribution in [0.15, 0.2) is 24.3 Å². The summed E-state index contributed by atoms with van der Waals surface area (Å²) in [5, 5.41) is 3.05. The summed E-state index contributed by atoms with van der Waals surface area (Å²) in [5.41, 5.74) is 7.81. The number of piperidine rings is 1. The number of carbonyl (C=O) groups is 1. The second-order valence-electron chi connectivity index (χ2n) is 5.08. The lowest BCUT2D eigenvalue weighted by atomic mass is 9.78. The van der Waals surface area contributed by atoms with Crippen molar-refractivity contribution in [1.82, 2.24) is 5.32 Å². The Balaban J connectivity index is 1.65. The number of benzene rings is 1. The normalized spacial score (nSPS) is 22.1. The third kappa shape index (κ3) is 1.84. The lowest BCUT2D eigenvalue weighted by molar-refractivity contribution is -0.133. The van der Waals surface area contributed by atoms with Crippen molar-refractivity contribution in [2.45, 2.75) is 24.8 Å². The van der Waals surface area contributed by atoms with Gasteiger partial charge in [-0.05, 0) is 37.1 Å². The zero-order valence-electron chi connectivity index (χ0n) is 9.78. The van der Waals surface area contributed by atoms with E-state index in [-0.39, 0.29) is 11.4 Å². The van der Waals surface area contributed by atoms with E-state index in [9.17, 15) is 4.79 Å². The minimum atomic E-state index is 0.112. The lowest BCUT2D eigenvalue weighted by Gasteiger charge is -2.48. The Morgan fingerprint density at radius 3 is 2.29 bits per heavy atom. The Morgan fingerprint density at radius 1 is 1.18 bits per heavy atom. The van der Waals surface area contributed by atoms with E-state index in [0.717, 1.165) is 31.6 Å². The molecule has 1 aromatic rings. The summed E-state index contributed by atoms with van der Waals surface area (Å²) >= 11 is 0. The van der Waals surface area contributed by atoms with Crippen LogP contribution in [-0.2, 0) is 4.79 Å². The molecule has 4 nitrogen and oxygen atoms in total. The Bertz CT molecular complexity index is 422. The molecule has 2 aliphatic heterocycles. The number of hydrogen-bond acceptors (Lipinski definition) is 3. The average molecular weight is 231 g/mol. The first-order valence-corrected chi connectivity index (χ1v) is 6.08. The van der Waals surface area contributed by atoms with Crippen LogP contribution >= 0.6 is 0 Å². The Hall–Kier alpha value is -1.71. The molecule has 2 heterocycles. The zero-order chi connectivity index (χ0) is 11.9. The second kappa shape index (κ2) is 3.65. The van der Waals surface area contributed by atoms with Gasteiger partial charge in [-0.3, -0.25) is 4.79 Å². The first kappa shape index (κ1) is 10.4. The molecule has 0 atom stereocenters. The highest BCUT2D eigenvalue weighted by atomic mass is 16.2. The van der Waals surface area contributed by atoms with Gasteiger partial charge in [-0.2, -0.15) is 0 Å². The molecule has 2 fully saturated rings. The largest absolute Gasteiger partial charge is 0.399 e. The highest BCUT2D eigenvalue weighted by Crippen LogP contribution is 2.33. The van der Waals surface area contributed by atoms with Crippen molar-refractivity contribution in [3.63, 3.8) is 0 Å². The van der Waals surface area contributed by atoms with Crippen molar-refractivity contribution in [2.75, 3.05) is 23.7 Å². The molecule has 1 amide bonds. The maximum atomic E-state index is 11.0. The summed E-state index contributed by atoms with van der Waals surface area (Å²) < 4.78 is 0. The van der Waals surface area contributed by atoms with Gasteiger partial charge in [-0.25, -0.2) is 0 Å². The molecule has 3 N–H and O–H groups in total. The number of nitrogens with two attached hydrogens (primary N) is 1. The number of amides is 1. The fourth-order valence-electron chi connectivity index (χ4n) is 2.76. The maximum absolute atomic E-state index is 11.0. The van der Waals surface area contributed by atoms with Crippen LogP contribution in [-0.4, -0.2) is 24.5 Å². The van der Waals surface area contributed by atoms with Crippen molar-refractivity contribution >= 4 is 17.3 Å². The summed E-state index contributed by atoms with van der Waals surface area (Å²) in [6.45, 7) is 2.01. The van der Waals surface area contributed by atoms with Crippen LogP contribution in [0, 0.1) is 0 Å². The van der Waals surface area contributed by atoms with Gasteiger partial charge >= 0.3 is 0 Å². The molecule has 4 heteroatoms. The van der Waals surface area contributed by atoms with E-state index in [0.29, 0.717) is 6.42 Å². The van der Waals surface area contributed by atoms with Crippen LogP contribution in [0.2, 0.25) is 0 Å². The van der Waals surface area contributed by atoms with Gasteiger partial charge in [0, 0.05) is 30.9 Å². The van der Waals surface area contributed by atoms with Crippen LogP contribution in [0.3, 0.4) is 0 Å². The summed E-state index contributed by atoms with van der Waals surface area (Å²) in [7, 11) is 0. The number of hydrogen-bond donors (Lipinski definition) is 2. The third-order valence-electron chi connectivity index (χ3n) is 3.88. The van der Waals surface area contributed by atoms with Crippen LogP contribution in [0.1, 0.15) is 19.3 Å². The van der Waals surface area contributed by atoms with E-state index in [1.165, 1.54) is 5.69 Å². The SMILES string of the molecule is Nc1ccc(N2CCC3(CC2)CC(=O)N3)cc1. The second-order valence-corrected chi connectivity index (χ2v) is 5.08. The van der Waals surface area contributed by atoms with Crippen LogP contribution < -0.4 is 16.0 Å². The molecule has 90 valence electrons. The van der Waals surface area contributed by atoms with Crippen LogP contribution in [0.25, 0.3) is 0 Å². The van der Waals surface area contributed by atoms with Crippen molar-refractivity contribution in [3.05, 3.63) is 24.3 Å². The number of β-lactam (4-membered cyclic amide) rings is 1. The number of rotatable bonds is 1. The molecule has 0 saturated carbocycles. The molecule has 1 spiro atoms. The predicted octanol–water partition coefficient (Wildman–Crippen LogP) is 1.13. The van der Waals surface area contributed by atoms with Gasteiger partial charge in [-0.1, -0.05) is 0 Å². The highest BCUT2D eigenvalue weighted by Gasteiger charge is 2.44. The predicted molar refractivity (Wildman–Crippen MR) is 67.8 cm³/mol. The fourth-order valence-corrected chi connectivity index (χ4v) is 2.76. The van der Waals surface area contributed by atoms with Crippen LogP contribution in [0.5, 0.6) is 0 Å². The first-order chi connectivity index (χ1) is 8.17. The number of nitrogens with zero attached hydrogens (tertiary/aromatic N) is 1. The van der Waals surface area contributed by atoms with E-state index in [1.807, 2.05) is 12.1 Å². The van der Waals surface area contributed by atoms with Crippen molar-refractivity contribution in [3.8, 4) is 0 Å². The van der Waals surface area contributed by atoms with E-state index >= 15 is 0 Å². The third-order valence-corrected chi connectivity index (χ3v) is 3.88. The first-order valence-electron chi connectivity index (χ1n) is 6.08. The van der Waals surface area contributed by atoms with Gasteiger partial charge in [0.05, 0.1) is 5.54 Å². The summed E-state index contributed by atoms with van der Waals surface area (Å²) in [4.78, 5) is 13.4. The molecule has 0 bridgehead atoms. The molecule has 3 rings (SSSR count). The highest BCUT2D eigenvalue weighted by molar-refractivity contribution is 5.84. The number of nitrogen functional groups attached to an aromatic ring is 1. The van der Waals surface area contributed by atoms with Crippen molar-refractivity contribution < 1.29 is 4.79 Å². The Kier molecular flexibility index (Phi) is 2.24. The van der Waals surface area contributed by atoms with E-state index < -0.39 is 0 Å². The monoisotopic (exact) mass is 231 g/mol. The summed E-state index contributed by atoms with van der Waals surface area (Å²) in [5.74, 6) is 0.200. The number of carbonyl (C=O) groups excluding carboxylic acids is 1. The fraction of sp³-hybridized carbons (Fsp3) is 0.462. The Labute approximate surface area is 101 Å². The van der Waals surface area contributed by atoms with Gasteiger partial charge in [0.25, 0.3) is 0 Å². The van der Waals surface area contributed by atoms with Crippen molar-refractivity contribution in [1.29, 1.82) is 0 Å². The van der Waals surface area contributed by atoms with Gasteiger partial charge in [0.15, 0.2) is 0 Å². The summed E-state index contributed by atoms with van der Waals surface area (Å²) in [6, 6.07) is 8.00. The lowest BCUT2D eigenvalue weighted by Crippen LogP contribution is -2.65. The molecule has 0 aromatic heterocycles. The zero-order valence-corrected chi connectivity index (χ0v) is 9.78.